The molecule has 1 aromatic carbocycles. The van der Waals surface area contributed by atoms with Crippen molar-refractivity contribution in [1.29, 1.82) is 0 Å². The molecular formula is C21H22N4O. The van der Waals surface area contributed by atoms with Gasteiger partial charge in [0.2, 0.25) is 0 Å². The van der Waals surface area contributed by atoms with Gasteiger partial charge in [-0.3, -0.25) is 9.20 Å². The van der Waals surface area contributed by atoms with Crippen molar-refractivity contribution in [1.82, 2.24) is 14.4 Å². The van der Waals surface area contributed by atoms with Gasteiger partial charge in [-0.1, -0.05) is 24.3 Å². The number of aryl methyl sites for hydroxylation is 1. The number of aromatic nitrogens is 3. The van der Waals surface area contributed by atoms with Gasteiger partial charge < -0.3 is 10.3 Å². The van der Waals surface area contributed by atoms with Gasteiger partial charge in [0.25, 0.3) is 5.56 Å². The molecule has 4 aromatic rings. The third-order valence-corrected chi connectivity index (χ3v) is 4.37. The van der Waals surface area contributed by atoms with Crippen molar-refractivity contribution in [2.45, 2.75) is 33.2 Å². The molecule has 26 heavy (non-hydrogen) atoms. The maximum atomic E-state index is 12.8. The van der Waals surface area contributed by atoms with Crippen molar-refractivity contribution in [2.75, 3.05) is 5.32 Å². The fraction of sp³-hybridized carbons (Fsp3) is 0.238. The van der Waals surface area contributed by atoms with Crippen LogP contribution >= 0.6 is 0 Å². The summed E-state index contributed by atoms with van der Waals surface area (Å²) >= 11 is 0. The number of anilines is 1. The highest BCUT2D eigenvalue weighted by Gasteiger charge is 2.21. The van der Waals surface area contributed by atoms with Crippen molar-refractivity contribution < 1.29 is 0 Å². The largest absolute Gasteiger partial charge is 0.365 e. The molecule has 0 bridgehead atoms. The van der Waals surface area contributed by atoms with Gasteiger partial charge >= 0.3 is 0 Å². The van der Waals surface area contributed by atoms with E-state index in [9.17, 15) is 4.79 Å². The van der Waals surface area contributed by atoms with Crippen LogP contribution in [0.4, 0.5) is 5.82 Å². The summed E-state index contributed by atoms with van der Waals surface area (Å²) in [5.74, 6) is 0.825. The number of pyridine rings is 2. The zero-order chi connectivity index (χ0) is 18.5. The Morgan fingerprint density at radius 2 is 1.92 bits per heavy atom. The number of rotatable bonds is 2. The maximum Gasteiger partial charge on any atom is 0.258 e. The number of hydrogen-bond donors (Lipinski definition) is 2. The molecule has 2 N–H and O–H groups in total. The number of nitrogens with zero attached hydrogens (tertiary/aromatic N) is 2. The van der Waals surface area contributed by atoms with Crippen molar-refractivity contribution in [3.8, 4) is 11.3 Å². The Morgan fingerprint density at radius 1 is 1.12 bits per heavy atom. The second-order valence-corrected chi connectivity index (χ2v) is 7.66. The van der Waals surface area contributed by atoms with Crippen LogP contribution in [0.15, 0.2) is 53.5 Å². The van der Waals surface area contributed by atoms with E-state index in [4.69, 9.17) is 4.98 Å². The zero-order valence-corrected chi connectivity index (χ0v) is 15.4. The highest BCUT2D eigenvalue weighted by molar-refractivity contribution is 5.87. The second kappa shape index (κ2) is 5.73. The topological polar surface area (TPSA) is 62.2 Å². The molecule has 0 radical (unpaired) electrons. The zero-order valence-electron chi connectivity index (χ0n) is 15.4. The van der Waals surface area contributed by atoms with E-state index in [1.807, 2.05) is 60.0 Å². The van der Waals surface area contributed by atoms with Crippen LogP contribution < -0.4 is 10.9 Å². The first kappa shape index (κ1) is 16.4. The van der Waals surface area contributed by atoms with Gasteiger partial charge in [0.05, 0.1) is 11.1 Å². The SMILES string of the molecule is Cc1cccc2cc(-c3nc4ccccn4c3NC(C)(C)C)c(=O)[nH]c12. The normalized spacial score (nSPS) is 12.0. The number of imidazole rings is 1. The van der Waals surface area contributed by atoms with Gasteiger partial charge in [0.15, 0.2) is 0 Å². The molecule has 0 aliphatic heterocycles. The van der Waals surface area contributed by atoms with Crippen LogP contribution in [0.5, 0.6) is 0 Å². The van der Waals surface area contributed by atoms with Crippen LogP contribution in [0.2, 0.25) is 0 Å². The maximum absolute atomic E-state index is 12.8. The van der Waals surface area contributed by atoms with Gasteiger partial charge in [0.1, 0.15) is 17.2 Å². The third-order valence-electron chi connectivity index (χ3n) is 4.37. The second-order valence-electron chi connectivity index (χ2n) is 7.66. The predicted octanol–water partition coefficient (Wildman–Crippen LogP) is 4.36. The van der Waals surface area contributed by atoms with E-state index >= 15 is 0 Å². The summed E-state index contributed by atoms with van der Waals surface area (Å²) in [5.41, 5.74) is 3.66. The standard InChI is InChI=1S/C21H22N4O/c1-13-8-7-9-14-12-15(20(26)23-17(13)14)18-19(24-21(2,3)4)25-11-6-5-10-16(25)22-18/h5-12,24H,1-4H3,(H,23,26). The van der Waals surface area contributed by atoms with E-state index in [0.29, 0.717) is 11.3 Å². The van der Waals surface area contributed by atoms with Crippen molar-refractivity contribution in [3.63, 3.8) is 0 Å². The molecule has 0 amide bonds. The molecular weight excluding hydrogens is 324 g/mol. The molecule has 4 rings (SSSR count). The first-order chi connectivity index (χ1) is 12.3. The number of H-pyrrole nitrogens is 1. The molecule has 0 atom stereocenters. The van der Waals surface area contributed by atoms with Crippen LogP contribution in [-0.4, -0.2) is 19.9 Å². The van der Waals surface area contributed by atoms with Gasteiger partial charge in [-0.15, -0.1) is 0 Å². The number of nitrogens with one attached hydrogen (secondary N) is 2. The minimum absolute atomic E-state index is 0.132. The van der Waals surface area contributed by atoms with Gasteiger partial charge in [-0.2, -0.15) is 0 Å². The fourth-order valence-electron chi connectivity index (χ4n) is 3.22. The highest BCUT2D eigenvalue weighted by atomic mass is 16.1. The highest BCUT2D eigenvalue weighted by Crippen LogP contribution is 2.30. The van der Waals surface area contributed by atoms with E-state index in [2.05, 4.69) is 31.1 Å². The first-order valence-electron chi connectivity index (χ1n) is 8.72. The van der Waals surface area contributed by atoms with Gasteiger partial charge in [0, 0.05) is 11.7 Å². The number of aromatic amines is 1. The number of hydrogen-bond acceptors (Lipinski definition) is 3. The summed E-state index contributed by atoms with van der Waals surface area (Å²) in [6.07, 6.45) is 1.96. The smallest absolute Gasteiger partial charge is 0.258 e. The fourth-order valence-corrected chi connectivity index (χ4v) is 3.22. The molecule has 0 fully saturated rings. The third kappa shape index (κ3) is 2.75. The Labute approximate surface area is 151 Å². The lowest BCUT2D eigenvalue weighted by Crippen LogP contribution is -2.27. The molecule has 0 saturated heterocycles. The monoisotopic (exact) mass is 346 g/mol. The number of fused-ring (bicyclic) bond motifs is 2. The van der Waals surface area contributed by atoms with Crippen molar-refractivity contribution in [2.24, 2.45) is 0 Å². The average molecular weight is 346 g/mol. The quantitative estimate of drug-likeness (QED) is 0.567. The summed E-state index contributed by atoms with van der Waals surface area (Å²) in [6.45, 7) is 8.27. The number of para-hydroxylation sites is 1. The lowest BCUT2D eigenvalue weighted by molar-refractivity contribution is 0.629. The Kier molecular flexibility index (Phi) is 3.61. The summed E-state index contributed by atoms with van der Waals surface area (Å²) in [6, 6.07) is 13.8. The van der Waals surface area contributed by atoms with Crippen LogP contribution in [0.3, 0.4) is 0 Å². The van der Waals surface area contributed by atoms with Gasteiger partial charge in [-0.25, -0.2) is 4.98 Å². The minimum Gasteiger partial charge on any atom is -0.365 e. The number of benzene rings is 1. The summed E-state index contributed by atoms with van der Waals surface area (Å²) in [4.78, 5) is 20.6. The Balaban J connectivity index is 2.03. The molecule has 0 saturated carbocycles. The van der Waals surface area contributed by atoms with E-state index < -0.39 is 0 Å². The molecule has 5 heteroatoms. The van der Waals surface area contributed by atoms with Crippen LogP contribution in [0.1, 0.15) is 26.3 Å². The Bertz CT molecular complexity index is 1180. The average Bonchev–Trinajstić information content (AvgIpc) is 2.92. The first-order valence-corrected chi connectivity index (χ1v) is 8.72. The summed E-state index contributed by atoms with van der Waals surface area (Å²) < 4.78 is 1.99. The van der Waals surface area contributed by atoms with Crippen LogP contribution in [0.25, 0.3) is 27.8 Å². The Morgan fingerprint density at radius 3 is 2.69 bits per heavy atom. The van der Waals surface area contributed by atoms with Gasteiger partial charge in [-0.05, 0) is 56.8 Å². The Hall–Kier alpha value is -3.08. The van der Waals surface area contributed by atoms with E-state index in [0.717, 1.165) is 27.9 Å². The molecule has 0 spiro atoms. The lowest BCUT2D eigenvalue weighted by Gasteiger charge is -2.22. The minimum atomic E-state index is -0.166. The van der Waals surface area contributed by atoms with Crippen LogP contribution in [0, 0.1) is 6.92 Å². The van der Waals surface area contributed by atoms with Crippen molar-refractivity contribution >= 4 is 22.4 Å². The molecule has 3 heterocycles. The molecule has 3 aromatic heterocycles. The van der Waals surface area contributed by atoms with Crippen LogP contribution in [-0.2, 0) is 0 Å². The summed E-state index contributed by atoms with van der Waals surface area (Å²) in [5, 5.41) is 4.50. The molecule has 0 aliphatic carbocycles. The van der Waals surface area contributed by atoms with E-state index in [1.54, 1.807) is 0 Å². The molecule has 0 unspecified atom stereocenters. The lowest BCUT2D eigenvalue weighted by atomic mass is 10.1. The van der Waals surface area contributed by atoms with Crippen molar-refractivity contribution in [3.05, 3.63) is 64.6 Å². The summed E-state index contributed by atoms with van der Waals surface area (Å²) in [7, 11) is 0. The molecule has 0 aliphatic rings. The molecule has 5 nitrogen and oxygen atoms in total. The molecule has 132 valence electrons. The van der Waals surface area contributed by atoms with E-state index in [-0.39, 0.29) is 11.1 Å². The predicted molar refractivity (Wildman–Crippen MR) is 107 cm³/mol. The van der Waals surface area contributed by atoms with E-state index in [1.165, 1.54) is 0 Å².